The van der Waals surface area contributed by atoms with Crippen LogP contribution < -0.4 is 10.1 Å². The molecule has 8 nitrogen and oxygen atoms in total. The van der Waals surface area contributed by atoms with Crippen molar-refractivity contribution in [1.82, 2.24) is 10.2 Å². The van der Waals surface area contributed by atoms with E-state index in [1.54, 1.807) is 19.1 Å². The van der Waals surface area contributed by atoms with Gasteiger partial charge in [0, 0.05) is 19.1 Å². The fourth-order valence-corrected chi connectivity index (χ4v) is 3.15. The molecule has 1 unspecified atom stereocenters. The van der Waals surface area contributed by atoms with Gasteiger partial charge in [0.05, 0.1) is 24.3 Å². The van der Waals surface area contributed by atoms with Gasteiger partial charge >= 0.3 is 0 Å². The summed E-state index contributed by atoms with van der Waals surface area (Å²) in [6, 6.07) is 2.22. The summed E-state index contributed by atoms with van der Waals surface area (Å²) in [5.74, 6) is -1.89. The lowest BCUT2D eigenvalue weighted by atomic mass is 10.0. The number of imide groups is 2. The first kappa shape index (κ1) is 17.1. The molecule has 0 aromatic heterocycles. The number of piperidine rings is 1. The number of carbonyl (C=O) groups excluding carboxylic acids is 4. The maximum Gasteiger partial charge on any atom is 0.266 e. The van der Waals surface area contributed by atoms with Crippen molar-refractivity contribution in [2.24, 2.45) is 0 Å². The third kappa shape index (κ3) is 2.78. The average Bonchev–Trinajstić information content (AvgIpc) is 2.82. The van der Waals surface area contributed by atoms with Gasteiger partial charge in [-0.1, -0.05) is 6.07 Å². The van der Waals surface area contributed by atoms with E-state index in [2.05, 4.69) is 5.32 Å². The van der Waals surface area contributed by atoms with Gasteiger partial charge < -0.3 is 9.47 Å². The van der Waals surface area contributed by atoms with Crippen LogP contribution in [-0.4, -0.2) is 48.3 Å². The fraction of sp³-hybridized carbons (Fsp3) is 0.412. The van der Waals surface area contributed by atoms with Crippen LogP contribution in [0.15, 0.2) is 12.1 Å². The Kier molecular flexibility index (Phi) is 4.54. The highest BCUT2D eigenvalue weighted by atomic mass is 16.5. The standard InChI is InChI=1S/C17H18N2O6/c1-3-25-14-9(8-24-2)4-5-10-13(14)17(23)19(16(10)22)11-6-7-12(20)18-15(11)21/h4-5,11H,3,6-8H2,1-2H3,(H,18,20,21). The van der Waals surface area contributed by atoms with Crippen molar-refractivity contribution in [3.8, 4) is 5.75 Å². The van der Waals surface area contributed by atoms with Gasteiger partial charge in [0.15, 0.2) is 0 Å². The fourth-order valence-electron chi connectivity index (χ4n) is 3.15. The molecular formula is C17H18N2O6. The van der Waals surface area contributed by atoms with E-state index in [0.29, 0.717) is 17.9 Å². The molecule has 8 heteroatoms. The van der Waals surface area contributed by atoms with E-state index < -0.39 is 29.7 Å². The Labute approximate surface area is 144 Å². The Morgan fingerprint density at radius 3 is 2.60 bits per heavy atom. The summed E-state index contributed by atoms with van der Waals surface area (Å²) in [5.41, 5.74) is 0.985. The second-order valence-corrected chi connectivity index (χ2v) is 5.79. The quantitative estimate of drug-likeness (QED) is 0.785. The summed E-state index contributed by atoms with van der Waals surface area (Å²) in [7, 11) is 1.52. The van der Waals surface area contributed by atoms with Crippen LogP contribution in [0.4, 0.5) is 0 Å². The molecule has 2 aliphatic rings. The van der Waals surface area contributed by atoms with Crippen LogP contribution >= 0.6 is 0 Å². The van der Waals surface area contributed by atoms with Gasteiger partial charge in [0.25, 0.3) is 11.8 Å². The number of hydrogen-bond donors (Lipinski definition) is 1. The van der Waals surface area contributed by atoms with Crippen molar-refractivity contribution in [3.05, 3.63) is 28.8 Å². The molecule has 132 valence electrons. The zero-order chi connectivity index (χ0) is 18.1. The summed E-state index contributed by atoms with van der Waals surface area (Å²) in [6.07, 6.45) is 0.197. The summed E-state index contributed by atoms with van der Waals surface area (Å²) in [6.45, 7) is 2.31. The zero-order valence-corrected chi connectivity index (χ0v) is 14.0. The highest BCUT2D eigenvalue weighted by Gasteiger charge is 2.46. The Hall–Kier alpha value is -2.74. The molecule has 4 amide bonds. The van der Waals surface area contributed by atoms with E-state index in [1.165, 1.54) is 7.11 Å². The molecule has 0 spiro atoms. The molecule has 1 saturated heterocycles. The van der Waals surface area contributed by atoms with Crippen molar-refractivity contribution in [2.45, 2.75) is 32.4 Å². The summed E-state index contributed by atoms with van der Waals surface area (Å²) in [5, 5.41) is 2.17. The van der Waals surface area contributed by atoms with E-state index in [-0.39, 0.29) is 30.6 Å². The molecule has 0 aliphatic carbocycles. The summed E-state index contributed by atoms with van der Waals surface area (Å²) in [4.78, 5) is 49.9. The largest absolute Gasteiger partial charge is 0.493 e. The molecule has 2 heterocycles. The minimum atomic E-state index is -0.995. The van der Waals surface area contributed by atoms with E-state index in [0.717, 1.165) is 4.90 Å². The number of hydrogen-bond acceptors (Lipinski definition) is 6. The first-order valence-electron chi connectivity index (χ1n) is 7.98. The van der Waals surface area contributed by atoms with Crippen molar-refractivity contribution < 1.29 is 28.7 Å². The number of fused-ring (bicyclic) bond motifs is 1. The molecular weight excluding hydrogens is 328 g/mol. The molecule has 3 rings (SSSR count). The smallest absolute Gasteiger partial charge is 0.266 e. The Morgan fingerprint density at radius 1 is 1.20 bits per heavy atom. The molecule has 2 aliphatic heterocycles. The predicted molar refractivity (Wildman–Crippen MR) is 85.0 cm³/mol. The molecule has 1 aromatic rings. The molecule has 1 aromatic carbocycles. The van der Waals surface area contributed by atoms with Crippen molar-refractivity contribution in [1.29, 1.82) is 0 Å². The number of carbonyl (C=O) groups is 4. The number of methoxy groups -OCH3 is 1. The van der Waals surface area contributed by atoms with Gasteiger partial charge in [0.2, 0.25) is 11.8 Å². The summed E-state index contributed by atoms with van der Waals surface area (Å²) >= 11 is 0. The SMILES string of the molecule is CCOc1c(COC)ccc2c1C(=O)N(C1CCC(=O)NC1=O)C2=O. The maximum atomic E-state index is 12.9. The van der Waals surface area contributed by atoms with Crippen LogP contribution in [-0.2, 0) is 20.9 Å². The van der Waals surface area contributed by atoms with E-state index in [4.69, 9.17) is 9.47 Å². The molecule has 1 N–H and O–H groups in total. The minimum Gasteiger partial charge on any atom is -0.493 e. The van der Waals surface area contributed by atoms with Crippen LogP contribution in [0.25, 0.3) is 0 Å². The van der Waals surface area contributed by atoms with Gasteiger partial charge in [-0.2, -0.15) is 0 Å². The lowest BCUT2D eigenvalue weighted by Gasteiger charge is -2.27. The first-order valence-corrected chi connectivity index (χ1v) is 7.98. The van der Waals surface area contributed by atoms with Crippen LogP contribution in [0.5, 0.6) is 5.75 Å². The van der Waals surface area contributed by atoms with E-state index in [1.807, 2.05) is 0 Å². The van der Waals surface area contributed by atoms with Gasteiger partial charge in [0.1, 0.15) is 11.8 Å². The lowest BCUT2D eigenvalue weighted by Crippen LogP contribution is -2.54. The van der Waals surface area contributed by atoms with Gasteiger partial charge in [-0.3, -0.25) is 29.4 Å². The zero-order valence-electron chi connectivity index (χ0n) is 14.0. The number of ether oxygens (including phenoxy) is 2. The Bertz CT molecular complexity index is 773. The van der Waals surface area contributed by atoms with Crippen LogP contribution in [0, 0.1) is 0 Å². The summed E-state index contributed by atoms with van der Waals surface area (Å²) < 4.78 is 10.7. The number of rotatable bonds is 5. The molecule has 0 bridgehead atoms. The highest BCUT2D eigenvalue weighted by molar-refractivity contribution is 6.24. The predicted octanol–water partition coefficient (Wildman–Crippen LogP) is 0.633. The molecule has 25 heavy (non-hydrogen) atoms. The van der Waals surface area contributed by atoms with Crippen molar-refractivity contribution in [2.75, 3.05) is 13.7 Å². The normalized spacial score (nSPS) is 19.9. The van der Waals surface area contributed by atoms with E-state index in [9.17, 15) is 19.2 Å². The highest BCUT2D eigenvalue weighted by Crippen LogP contribution is 2.36. The molecule has 1 atom stereocenters. The minimum absolute atomic E-state index is 0.0804. The lowest BCUT2D eigenvalue weighted by molar-refractivity contribution is -0.136. The van der Waals surface area contributed by atoms with Crippen LogP contribution in [0.1, 0.15) is 46.0 Å². The van der Waals surface area contributed by atoms with E-state index >= 15 is 0 Å². The topological polar surface area (TPSA) is 102 Å². The van der Waals surface area contributed by atoms with Crippen molar-refractivity contribution >= 4 is 23.6 Å². The van der Waals surface area contributed by atoms with Gasteiger partial charge in [-0.25, -0.2) is 0 Å². The Morgan fingerprint density at radius 2 is 1.96 bits per heavy atom. The van der Waals surface area contributed by atoms with Crippen LogP contribution in [0.2, 0.25) is 0 Å². The van der Waals surface area contributed by atoms with Crippen molar-refractivity contribution in [3.63, 3.8) is 0 Å². The molecule has 1 fully saturated rings. The van der Waals surface area contributed by atoms with Gasteiger partial charge in [-0.15, -0.1) is 0 Å². The number of nitrogens with zero attached hydrogens (tertiary/aromatic N) is 1. The number of amides is 4. The maximum absolute atomic E-state index is 12.9. The third-order valence-corrected chi connectivity index (χ3v) is 4.23. The van der Waals surface area contributed by atoms with Crippen LogP contribution in [0.3, 0.4) is 0 Å². The first-order chi connectivity index (χ1) is 12.0. The monoisotopic (exact) mass is 346 g/mol. The Balaban J connectivity index is 2.03. The van der Waals surface area contributed by atoms with Gasteiger partial charge in [-0.05, 0) is 19.4 Å². The molecule has 0 radical (unpaired) electrons. The second-order valence-electron chi connectivity index (χ2n) is 5.79. The second kappa shape index (κ2) is 6.64. The number of benzene rings is 1. The third-order valence-electron chi connectivity index (χ3n) is 4.23. The average molecular weight is 346 g/mol. The number of nitrogens with one attached hydrogen (secondary N) is 1. The molecule has 0 saturated carbocycles.